The van der Waals surface area contributed by atoms with Gasteiger partial charge in [-0.3, -0.25) is 4.79 Å². The van der Waals surface area contributed by atoms with Crippen LogP contribution < -0.4 is 0 Å². The van der Waals surface area contributed by atoms with E-state index < -0.39 is 0 Å². The summed E-state index contributed by atoms with van der Waals surface area (Å²) in [7, 11) is 0. The zero-order valence-corrected chi connectivity index (χ0v) is 8.94. The summed E-state index contributed by atoms with van der Waals surface area (Å²) in [6.45, 7) is 1.27. The van der Waals surface area contributed by atoms with Gasteiger partial charge in [0.2, 0.25) is 5.91 Å². The average molecular weight is 219 g/mol. The molecule has 74 valence electrons. The summed E-state index contributed by atoms with van der Waals surface area (Å²) in [6.07, 6.45) is 0.453. The second-order valence-corrected chi connectivity index (χ2v) is 6.02. The fourth-order valence-corrected chi connectivity index (χ4v) is 4.34. The normalized spacial score (nSPS) is 29.9. The number of likely N-dealkylation sites (tertiary alicyclic amines) is 1. The van der Waals surface area contributed by atoms with E-state index in [0.29, 0.717) is 6.54 Å². The van der Waals surface area contributed by atoms with E-state index in [-0.39, 0.29) is 16.6 Å². The van der Waals surface area contributed by atoms with Crippen molar-refractivity contribution >= 4 is 29.4 Å². The molecule has 2 heterocycles. The number of rotatable bonds is 1. The molecular weight excluding hydrogens is 206 g/mol. The lowest BCUT2D eigenvalue weighted by molar-refractivity contribution is -0.128. The molecule has 0 aromatic carbocycles. The highest BCUT2D eigenvalue weighted by atomic mass is 32.2. The van der Waals surface area contributed by atoms with E-state index in [0.717, 1.165) is 24.5 Å². The van der Waals surface area contributed by atoms with Crippen molar-refractivity contribution in [2.45, 2.75) is 17.1 Å². The van der Waals surface area contributed by atoms with Crippen molar-refractivity contribution < 1.29 is 9.90 Å². The predicted octanol–water partition coefficient (Wildman–Crippen LogP) is 0.386. The first-order valence-electron chi connectivity index (χ1n) is 4.47. The first kappa shape index (κ1) is 9.68. The Hall–Kier alpha value is 0.130. The highest BCUT2D eigenvalue weighted by molar-refractivity contribution is 8.21. The van der Waals surface area contributed by atoms with E-state index in [2.05, 4.69) is 0 Å². The van der Waals surface area contributed by atoms with Gasteiger partial charge >= 0.3 is 0 Å². The van der Waals surface area contributed by atoms with E-state index in [1.54, 1.807) is 28.4 Å². The minimum absolute atomic E-state index is 0.102. The molecule has 2 aliphatic rings. The van der Waals surface area contributed by atoms with Crippen LogP contribution in [-0.2, 0) is 4.79 Å². The van der Waals surface area contributed by atoms with Gasteiger partial charge in [-0.05, 0) is 6.42 Å². The van der Waals surface area contributed by atoms with Gasteiger partial charge < -0.3 is 10.0 Å². The van der Waals surface area contributed by atoms with Crippen LogP contribution in [0.3, 0.4) is 0 Å². The zero-order valence-electron chi connectivity index (χ0n) is 7.31. The lowest BCUT2D eigenvalue weighted by Crippen LogP contribution is -2.34. The van der Waals surface area contributed by atoms with Crippen molar-refractivity contribution in [1.29, 1.82) is 0 Å². The smallest absolute Gasteiger partial charge is 0.245 e. The highest BCUT2D eigenvalue weighted by Crippen LogP contribution is 2.33. The number of hydrogen-bond donors (Lipinski definition) is 1. The van der Waals surface area contributed by atoms with Crippen molar-refractivity contribution in [3.05, 3.63) is 0 Å². The standard InChI is InChI=1S/C8H13NO2S2/c10-6-1-2-9(5-6)7(11)8-12-3-4-13-8/h6,8,10H,1-5H2/t6-/m0/s1. The summed E-state index contributed by atoms with van der Waals surface area (Å²) in [5.41, 5.74) is 0. The Balaban J connectivity index is 1.89. The Morgan fingerprint density at radius 1 is 1.38 bits per heavy atom. The topological polar surface area (TPSA) is 40.5 Å². The number of aliphatic hydroxyl groups excluding tert-OH is 1. The first-order valence-corrected chi connectivity index (χ1v) is 6.57. The number of thioether (sulfide) groups is 2. The van der Waals surface area contributed by atoms with Crippen molar-refractivity contribution in [3.63, 3.8) is 0 Å². The maximum atomic E-state index is 11.8. The Kier molecular flexibility index (Phi) is 3.06. The van der Waals surface area contributed by atoms with Gasteiger partial charge in [0.05, 0.1) is 6.10 Å². The van der Waals surface area contributed by atoms with Gasteiger partial charge in [0.25, 0.3) is 0 Å². The van der Waals surface area contributed by atoms with Gasteiger partial charge in [-0.15, -0.1) is 23.5 Å². The summed E-state index contributed by atoms with van der Waals surface area (Å²) < 4.78 is 0.102. The van der Waals surface area contributed by atoms with Gasteiger partial charge in [0.1, 0.15) is 4.58 Å². The van der Waals surface area contributed by atoms with E-state index in [1.165, 1.54) is 0 Å². The Morgan fingerprint density at radius 2 is 2.08 bits per heavy atom. The predicted molar refractivity (Wildman–Crippen MR) is 55.9 cm³/mol. The number of carbonyl (C=O) groups excluding carboxylic acids is 1. The van der Waals surface area contributed by atoms with Gasteiger partial charge in [0, 0.05) is 24.6 Å². The molecule has 2 saturated heterocycles. The summed E-state index contributed by atoms with van der Waals surface area (Å²) in [6, 6.07) is 0. The molecule has 2 aliphatic heterocycles. The Morgan fingerprint density at radius 3 is 2.62 bits per heavy atom. The maximum absolute atomic E-state index is 11.8. The second kappa shape index (κ2) is 4.11. The van der Waals surface area contributed by atoms with Crippen LogP contribution in [0.15, 0.2) is 0 Å². The molecule has 1 amide bonds. The zero-order chi connectivity index (χ0) is 9.26. The average Bonchev–Trinajstić information content (AvgIpc) is 2.72. The second-order valence-electron chi connectivity index (χ2n) is 3.30. The number of hydrogen-bond acceptors (Lipinski definition) is 4. The van der Waals surface area contributed by atoms with Gasteiger partial charge in [-0.25, -0.2) is 0 Å². The van der Waals surface area contributed by atoms with Gasteiger partial charge in [-0.2, -0.15) is 0 Å². The van der Waals surface area contributed by atoms with Gasteiger partial charge in [-0.1, -0.05) is 0 Å². The Bertz CT molecular complexity index is 206. The first-order chi connectivity index (χ1) is 6.27. The molecule has 1 N–H and O–H groups in total. The molecule has 0 aromatic heterocycles. The van der Waals surface area contributed by atoms with Crippen LogP contribution in [0.1, 0.15) is 6.42 Å². The van der Waals surface area contributed by atoms with Crippen molar-refractivity contribution in [2.75, 3.05) is 24.6 Å². The van der Waals surface area contributed by atoms with Crippen LogP contribution in [0, 0.1) is 0 Å². The minimum Gasteiger partial charge on any atom is -0.391 e. The van der Waals surface area contributed by atoms with Crippen LogP contribution in [0.25, 0.3) is 0 Å². The van der Waals surface area contributed by atoms with E-state index >= 15 is 0 Å². The van der Waals surface area contributed by atoms with Crippen LogP contribution >= 0.6 is 23.5 Å². The number of β-amino-alcohol motifs (C(OH)–C–C–N with tert-alkyl or cyclic N) is 1. The molecule has 0 unspecified atom stereocenters. The van der Waals surface area contributed by atoms with E-state index in [9.17, 15) is 9.90 Å². The molecule has 3 nitrogen and oxygen atoms in total. The largest absolute Gasteiger partial charge is 0.391 e. The number of amides is 1. The van der Waals surface area contributed by atoms with Crippen molar-refractivity contribution in [2.24, 2.45) is 0 Å². The minimum atomic E-state index is -0.291. The SMILES string of the molecule is O=C(C1SCCS1)N1CC[C@H](O)C1. The molecule has 0 spiro atoms. The number of carbonyl (C=O) groups is 1. The molecule has 0 aliphatic carbocycles. The highest BCUT2D eigenvalue weighted by Gasteiger charge is 2.32. The molecular formula is C8H13NO2S2. The number of nitrogens with zero attached hydrogens (tertiary/aromatic N) is 1. The lowest BCUT2D eigenvalue weighted by atomic mass is 10.3. The van der Waals surface area contributed by atoms with Crippen LogP contribution in [0.5, 0.6) is 0 Å². The van der Waals surface area contributed by atoms with Gasteiger partial charge in [0.15, 0.2) is 0 Å². The molecule has 0 radical (unpaired) electrons. The van der Waals surface area contributed by atoms with Crippen molar-refractivity contribution in [3.8, 4) is 0 Å². The summed E-state index contributed by atoms with van der Waals surface area (Å²) >= 11 is 3.46. The van der Waals surface area contributed by atoms with E-state index in [4.69, 9.17) is 0 Å². The molecule has 2 fully saturated rings. The molecule has 0 aromatic rings. The Labute approximate surface area is 86.2 Å². The third-order valence-electron chi connectivity index (χ3n) is 2.30. The fraction of sp³-hybridized carbons (Fsp3) is 0.875. The summed E-state index contributed by atoms with van der Waals surface area (Å²) in [5.74, 6) is 2.37. The third-order valence-corrected chi connectivity index (χ3v) is 5.26. The van der Waals surface area contributed by atoms with E-state index in [1.807, 2.05) is 0 Å². The fourth-order valence-electron chi connectivity index (χ4n) is 1.59. The maximum Gasteiger partial charge on any atom is 0.245 e. The summed E-state index contributed by atoms with van der Waals surface area (Å²) in [4.78, 5) is 13.6. The van der Waals surface area contributed by atoms with Crippen LogP contribution in [0.4, 0.5) is 0 Å². The molecule has 5 heteroatoms. The molecule has 0 saturated carbocycles. The van der Waals surface area contributed by atoms with Crippen molar-refractivity contribution in [1.82, 2.24) is 4.90 Å². The van der Waals surface area contributed by atoms with Crippen LogP contribution in [0.2, 0.25) is 0 Å². The lowest BCUT2D eigenvalue weighted by Gasteiger charge is -2.18. The molecule has 2 rings (SSSR count). The van der Waals surface area contributed by atoms with Crippen LogP contribution in [-0.4, -0.2) is 51.2 Å². The summed E-state index contributed by atoms with van der Waals surface area (Å²) in [5, 5.41) is 9.28. The monoisotopic (exact) mass is 219 g/mol. The number of aliphatic hydroxyl groups is 1. The molecule has 1 atom stereocenters. The quantitative estimate of drug-likeness (QED) is 0.692. The molecule has 13 heavy (non-hydrogen) atoms. The third kappa shape index (κ3) is 2.14. The molecule has 0 bridgehead atoms.